The van der Waals surface area contributed by atoms with E-state index in [0.717, 1.165) is 35.3 Å². The van der Waals surface area contributed by atoms with E-state index in [9.17, 15) is 5.11 Å². The third-order valence-electron chi connectivity index (χ3n) is 5.85. The number of benzene rings is 1. The van der Waals surface area contributed by atoms with Crippen LogP contribution in [-0.4, -0.2) is 22.9 Å². The number of phenolic OH excluding ortho intramolecular Hbond substituents is 1. The van der Waals surface area contributed by atoms with Gasteiger partial charge in [-0.3, -0.25) is 0 Å². The molecule has 0 radical (unpaired) electrons. The molecule has 1 aliphatic carbocycles. The summed E-state index contributed by atoms with van der Waals surface area (Å²) in [6.07, 6.45) is 6.02. The number of hydrogen-bond donors (Lipinski definition) is 1. The van der Waals surface area contributed by atoms with Gasteiger partial charge in [0.15, 0.2) is 6.29 Å². The predicted molar refractivity (Wildman–Crippen MR) is 85.5 cm³/mol. The lowest BCUT2D eigenvalue weighted by Crippen LogP contribution is -2.32. The van der Waals surface area contributed by atoms with Crippen LogP contribution in [0.4, 0.5) is 0 Å². The average molecular weight is 314 g/mol. The van der Waals surface area contributed by atoms with Crippen LogP contribution in [-0.2, 0) is 9.47 Å². The second kappa shape index (κ2) is 4.31. The van der Waals surface area contributed by atoms with Gasteiger partial charge < -0.3 is 19.3 Å². The number of hydrogen-bond acceptors (Lipinski definition) is 4. The average Bonchev–Trinajstić information content (AvgIpc) is 2.79. The molecule has 0 amide bonds. The Morgan fingerprint density at radius 1 is 1.17 bits per heavy atom. The van der Waals surface area contributed by atoms with E-state index in [1.807, 2.05) is 32.1 Å². The molecule has 1 aromatic carbocycles. The fourth-order valence-corrected chi connectivity index (χ4v) is 4.81. The smallest absolute Gasteiger partial charge is 0.188 e. The maximum atomic E-state index is 10.7. The van der Waals surface area contributed by atoms with Crippen molar-refractivity contribution in [3.63, 3.8) is 0 Å². The van der Waals surface area contributed by atoms with Gasteiger partial charge in [0.25, 0.3) is 0 Å². The van der Waals surface area contributed by atoms with Gasteiger partial charge in [0, 0.05) is 17.0 Å². The molecule has 1 saturated carbocycles. The first-order valence-electron chi connectivity index (χ1n) is 8.53. The summed E-state index contributed by atoms with van der Waals surface area (Å²) in [5.74, 6) is 1.79. The molecule has 4 bridgehead atoms. The van der Waals surface area contributed by atoms with Crippen molar-refractivity contribution >= 4 is 6.08 Å². The van der Waals surface area contributed by atoms with Crippen LogP contribution in [0.3, 0.4) is 0 Å². The molecule has 4 heterocycles. The van der Waals surface area contributed by atoms with Crippen molar-refractivity contribution in [2.75, 3.05) is 0 Å². The molecule has 0 spiro atoms. The minimum absolute atomic E-state index is 0.132. The van der Waals surface area contributed by atoms with Crippen LogP contribution in [0.25, 0.3) is 6.08 Å². The lowest BCUT2D eigenvalue weighted by molar-refractivity contribution is -0.193. The lowest BCUT2D eigenvalue weighted by Gasteiger charge is -2.37. The highest BCUT2D eigenvalue weighted by atomic mass is 16.7. The monoisotopic (exact) mass is 314 g/mol. The van der Waals surface area contributed by atoms with E-state index in [-0.39, 0.29) is 23.7 Å². The van der Waals surface area contributed by atoms with Gasteiger partial charge in [0.2, 0.25) is 0 Å². The summed E-state index contributed by atoms with van der Waals surface area (Å²) in [6.45, 7) is 6.20. The molecule has 5 aliphatic rings. The molecule has 23 heavy (non-hydrogen) atoms. The van der Waals surface area contributed by atoms with E-state index in [1.165, 1.54) is 0 Å². The minimum atomic E-state index is -0.435. The molecular weight excluding hydrogens is 292 g/mol. The quantitative estimate of drug-likeness (QED) is 0.789. The second-order valence-corrected chi connectivity index (χ2v) is 7.79. The van der Waals surface area contributed by atoms with Gasteiger partial charge in [-0.05, 0) is 51.7 Å². The molecule has 122 valence electrons. The fourth-order valence-electron chi connectivity index (χ4n) is 4.81. The Morgan fingerprint density at radius 3 is 2.83 bits per heavy atom. The first-order valence-corrected chi connectivity index (χ1v) is 8.53. The first-order chi connectivity index (χ1) is 10.9. The van der Waals surface area contributed by atoms with Gasteiger partial charge in [-0.2, -0.15) is 0 Å². The van der Waals surface area contributed by atoms with E-state index in [0.29, 0.717) is 11.7 Å². The number of rotatable bonds is 0. The predicted octanol–water partition coefficient (Wildman–Crippen LogP) is 3.89. The van der Waals surface area contributed by atoms with Gasteiger partial charge in [-0.25, -0.2) is 0 Å². The van der Waals surface area contributed by atoms with Crippen LogP contribution >= 0.6 is 0 Å². The van der Waals surface area contributed by atoms with Gasteiger partial charge in [0.1, 0.15) is 17.1 Å². The Bertz CT molecular complexity index is 719. The summed E-state index contributed by atoms with van der Waals surface area (Å²) in [7, 11) is 0. The van der Waals surface area contributed by atoms with E-state index in [4.69, 9.17) is 14.2 Å². The van der Waals surface area contributed by atoms with E-state index >= 15 is 0 Å². The lowest BCUT2D eigenvalue weighted by atomic mass is 9.80. The normalized spacial score (nSPS) is 38.7. The molecule has 2 fully saturated rings. The van der Waals surface area contributed by atoms with Crippen LogP contribution in [0, 0.1) is 5.92 Å². The van der Waals surface area contributed by atoms with Crippen LogP contribution < -0.4 is 4.74 Å². The zero-order chi connectivity index (χ0) is 15.9. The van der Waals surface area contributed by atoms with Crippen molar-refractivity contribution in [1.82, 2.24) is 0 Å². The summed E-state index contributed by atoms with van der Waals surface area (Å²) in [5, 5.41) is 10.7. The van der Waals surface area contributed by atoms with Gasteiger partial charge >= 0.3 is 0 Å². The van der Waals surface area contributed by atoms with Crippen LogP contribution in [0.5, 0.6) is 11.5 Å². The highest BCUT2D eigenvalue weighted by Crippen LogP contribution is 2.60. The SMILES string of the molecule is C[C@@H]1O[C@@H]2O[C@@H]3CC[C@H]1[C@@H]3c1c(O)cc3c(c12)OC(C)(C)C=C3. The largest absolute Gasteiger partial charge is 0.508 e. The molecule has 1 aromatic rings. The topological polar surface area (TPSA) is 47.9 Å². The van der Waals surface area contributed by atoms with Gasteiger partial charge in [-0.1, -0.05) is 6.08 Å². The number of fused-ring (bicyclic) bond motifs is 2. The van der Waals surface area contributed by atoms with Crippen molar-refractivity contribution in [2.24, 2.45) is 5.92 Å². The van der Waals surface area contributed by atoms with Crippen molar-refractivity contribution in [2.45, 2.75) is 63.6 Å². The standard InChI is InChI=1S/C19H22O4/c1-9-11-4-5-13-14(11)15-12(20)8-10-6-7-19(2,3)23-17(10)16(15)18(21-9)22-13/h6-9,11,13-14,18,20H,4-5H2,1-3H3/t9-,11+,13+,14-,18+/m0/s1. The van der Waals surface area contributed by atoms with Gasteiger partial charge in [0.05, 0.1) is 17.8 Å². The van der Waals surface area contributed by atoms with Crippen molar-refractivity contribution in [3.05, 3.63) is 28.8 Å². The summed E-state index contributed by atoms with van der Waals surface area (Å²) >= 11 is 0. The van der Waals surface area contributed by atoms with Crippen LogP contribution in [0.15, 0.2) is 12.1 Å². The zero-order valence-corrected chi connectivity index (χ0v) is 13.7. The van der Waals surface area contributed by atoms with E-state index in [1.54, 1.807) is 0 Å². The molecule has 1 N–H and O–H groups in total. The van der Waals surface area contributed by atoms with Crippen LogP contribution in [0.2, 0.25) is 0 Å². The number of aromatic hydroxyl groups is 1. The molecule has 1 saturated heterocycles. The fraction of sp³-hybridized carbons (Fsp3) is 0.579. The summed E-state index contributed by atoms with van der Waals surface area (Å²) < 4.78 is 18.7. The summed E-state index contributed by atoms with van der Waals surface area (Å²) in [6, 6.07) is 1.84. The number of ether oxygens (including phenoxy) is 3. The molecule has 4 nitrogen and oxygen atoms in total. The minimum Gasteiger partial charge on any atom is -0.508 e. The Hall–Kier alpha value is -1.52. The van der Waals surface area contributed by atoms with Crippen molar-refractivity contribution in [3.8, 4) is 11.5 Å². The maximum Gasteiger partial charge on any atom is 0.188 e. The highest BCUT2D eigenvalue weighted by molar-refractivity contribution is 5.69. The molecule has 0 aromatic heterocycles. The van der Waals surface area contributed by atoms with Crippen molar-refractivity contribution in [1.29, 1.82) is 0 Å². The number of phenols is 1. The zero-order valence-electron chi connectivity index (χ0n) is 13.7. The second-order valence-electron chi connectivity index (χ2n) is 7.79. The van der Waals surface area contributed by atoms with E-state index < -0.39 is 6.29 Å². The van der Waals surface area contributed by atoms with E-state index in [2.05, 4.69) is 6.92 Å². The Morgan fingerprint density at radius 2 is 2.00 bits per heavy atom. The molecular formula is C19H22O4. The summed E-state index contributed by atoms with van der Waals surface area (Å²) in [4.78, 5) is 0. The maximum absolute atomic E-state index is 10.7. The summed E-state index contributed by atoms with van der Waals surface area (Å²) in [5.41, 5.74) is 2.45. The molecule has 4 aliphatic heterocycles. The highest BCUT2D eigenvalue weighted by Gasteiger charge is 2.53. The molecule has 0 unspecified atom stereocenters. The first kappa shape index (κ1) is 13.9. The van der Waals surface area contributed by atoms with Crippen LogP contribution in [0.1, 0.15) is 62.5 Å². The molecule has 6 rings (SSSR count). The molecule has 5 atom stereocenters. The third-order valence-corrected chi connectivity index (χ3v) is 5.85. The van der Waals surface area contributed by atoms with Crippen molar-refractivity contribution < 1.29 is 19.3 Å². The third kappa shape index (κ3) is 1.79. The molecule has 4 heteroatoms. The Labute approximate surface area is 136 Å². The Kier molecular flexibility index (Phi) is 2.60. The van der Waals surface area contributed by atoms with Gasteiger partial charge in [-0.15, -0.1) is 0 Å². The Balaban J connectivity index is 1.78.